The number of amides is 1. The lowest BCUT2D eigenvalue weighted by Crippen LogP contribution is -2.50. The number of anilines is 2. The molecule has 1 unspecified atom stereocenters. The molecule has 5 nitrogen and oxygen atoms in total. The minimum atomic E-state index is -2.08. The van der Waals surface area contributed by atoms with Gasteiger partial charge in [0.25, 0.3) is 8.32 Å². The fraction of sp³-hybridized carbons (Fsp3) is 0.500. The van der Waals surface area contributed by atoms with E-state index in [1.165, 1.54) is 16.2 Å². The molecule has 6 heteroatoms. The molecular weight excluding hydrogens is 416 g/mol. The van der Waals surface area contributed by atoms with Crippen molar-refractivity contribution in [3.8, 4) is 5.75 Å². The van der Waals surface area contributed by atoms with E-state index in [1.807, 2.05) is 24.3 Å². The van der Waals surface area contributed by atoms with Crippen molar-refractivity contribution in [2.75, 3.05) is 16.3 Å². The molecular formula is C26H36N2O3Si. The van der Waals surface area contributed by atoms with Crippen LogP contribution in [0.2, 0.25) is 16.6 Å². The highest BCUT2D eigenvalue weighted by atomic mass is 28.4. The van der Waals surface area contributed by atoms with E-state index in [2.05, 4.69) is 64.6 Å². The quantitative estimate of drug-likeness (QED) is 0.515. The molecule has 2 heterocycles. The minimum Gasteiger partial charge on any atom is -0.542 e. The summed E-state index contributed by atoms with van der Waals surface area (Å²) in [6, 6.07) is 14.4. The Hall–Kier alpha value is -2.47. The zero-order chi connectivity index (χ0) is 23.2. The molecule has 2 aromatic carbocycles. The van der Waals surface area contributed by atoms with Crippen molar-refractivity contribution in [1.29, 1.82) is 0 Å². The third kappa shape index (κ3) is 3.58. The summed E-state index contributed by atoms with van der Waals surface area (Å²) in [5.41, 5.74) is 5.77. The third-order valence-corrected chi connectivity index (χ3v) is 13.5. The van der Waals surface area contributed by atoms with Gasteiger partial charge in [0, 0.05) is 30.8 Å². The molecule has 0 saturated carbocycles. The summed E-state index contributed by atoms with van der Waals surface area (Å²) in [6.07, 6.45) is -0.0836. The van der Waals surface area contributed by atoms with Crippen LogP contribution in [0, 0.1) is 0 Å². The summed E-state index contributed by atoms with van der Waals surface area (Å²) < 4.78 is 7.09. The van der Waals surface area contributed by atoms with E-state index < -0.39 is 14.4 Å². The number of para-hydroxylation sites is 1. The average molecular weight is 453 g/mol. The molecule has 1 atom stereocenters. The Balaban J connectivity index is 1.75. The molecule has 0 aromatic heterocycles. The van der Waals surface area contributed by atoms with Crippen molar-refractivity contribution >= 4 is 25.8 Å². The first-order valence-corrected chi connectivity index (χ1v) is 14.0. The summed E-state index contributed by atoms with van der Waals surface area (Å²) in [5.74, 6) is 1.01. The van der Waals surface area contributed by atoms with Crippen LogP contribution < -0.4 is 14.2 Å². The van der Waals surface area contributed by atoms with Crippen LogP contribution >= 0.6 is 0 Å². The van der Waals surface area contributed by atoms with Gasteiger partial charge in [-0.05, 0) is 40.4 Å². The molecule has 1 amide bonds. The molecule has 0 saturated heterocycles. The first-order valence-electron chi connectivity index (χ1n) is 11.8. The van der Waals surface area contributed by atoms with E-state index in [1.54, 1.807) is 0 Å². The smallest absolute Gasteiger partial charge is 0.411 e. The topological polar surface area (TPSA) is 53.0 Å². The van der Waals surface area contributed by atoms with Gasteiger partial charge in [0.15, 0.2) is 0 Å². The number of carboxylic acid groups (broad SMARTS) is 1. The third-order valence-electron chi connectivity index (χ3n) is 7.54. The van der Waals surface area contributed by atoms with Crippen molar-refractivity contribution in [3.05, 3.63) is 53.6 Å². The Kier molecular flexibility index (Phi) is 6.01. The second-order valence-electron chi connectivity index (χ2n) is 10.2. The van der Waals surface area contributed by atoms with Gasteiger partial charge in [-0.3, -0.25) is 4.90 Å². The number of benzene rings is 2. The summed E-state index contributed by atoms with van der Waals surface area (Å²) in [7, 11) is -2.08. The van der Waals surface area contributed by atoms with Gasteiger partial charge in [-0.2, -0.15) is 0 Å². The Labute approximate surface area is 193 Å². The molecule has 0 fully saturated rings. The lowest BCUT2D eigenvalue weighted by molar-refractivity contribution is 0.201. The van der Waals surface area contributed by atoms with Crippen LogP contribution in [-0.4, -0.2) is 32.1 Å². The lowest BCUT2D eigenvalue weighted by atomic mass is 10.1. The molecule has 2 aliphatic rings. The van der Waals surface area contributed by atoms with Crippen molar-refractivity contribution in [1.82, 2.24) is 0 Å². The fourth-order valence-electron chi connectivity index (χ4n) is 6.17. The van der Waals surface area contributed by atoms with Crippen molar-refractivity contribution < 1.29 is 14.3 Å². The van der Waals surface area contributed by atoms with E-state index >= 15 is 0 Å². The Morgan fingerprint density at radius 1 is 0.969 bits per heavy atom. The maximum absolute atomic E-state index is 12.1. The molecule has 172 valence electrons. The van der Waals surface area contributed by atoms with E-state index in [4.69, 9.17) is 4.43 Å². The Bertz CT molecular complexity index is 983. The van der Waals surface area contributed by atoms with Crippen molar-refractivity contribution in [2.24, 2.45) is 0 Å². The van der Waals surface area contributed by atoms with E-state index in [0.717, 1.165) is 23.4 Å². The second kappa shape index (κ2) is 8.47. The predicted octanol–water partition coefficient (Wildman–Crippen LogP) is 6.67. The van der Waals surface area contributed by atoms with E-state index in [-0.39, 0.29) is 6.04 Å². The zero-order valence-electron chi connectivity index (χ0n) is 20.1. The Morgan fingerprint density at radius 2 is 1.59 bits per heavy atom. The van der Waals surface area contributed by atoms with Gasteiger partial charge in [-0.1, -0.05) is 65.8 Å². The van der Waals surface area contributed by atoms with Gasteiger partial charge in [0.05, 0.1) is 11.7 Å². The monoisotopic (exact) mass is 452 g/mol. The zero-order valence-corrected chi connectivity index (χ0v) is 21.1. The van der Waals surface area contributed by atoms with E-state index in [0.29, 0.717) is 29.7 Å². The minimum absolute atomic E-state index is 0.103. The van der Waals surface area contributed by atoms with Gasteiger partial charge in [0.2, 0.25) is 0 Å². The first-order chi connectivity index (χ1) is 15.2. The largest absolute Gasteiger partial charge is 0.542 e. The maximum Gasteiger partial charge on any atom is 0.411 e. The molecule has 1 N–H and O–H groups in total. The summed E-state index contributed by atoms with van der Waals surface area (Å²) in [5, 5.41) is 9.93. The van der Waals surface area contributed by atoms with Gasteiger partial charge in [-0.15, -0.1) is 0 Å². The normalized spacial score (nSPS) is 18.0. The van der Waals surface area contributed by atoms with Gasteiger partial charge < -0.3 is 14.4 Å². The van der Waals surface area contributed by atoms with Crippen LogP contribution in [0.5, 0.6) is 5.75 Å². The number of nitrogens with zero attached hydrogens (tertiary/aromatic N) is 2. The maximum atomic E-state index is 12.1. The van der Waals surface area contributed by atoms with Crippen LogP contribution in [0.3, 0.4) is 0 Å². The molecule has 32 heavy (non-hydrogen) atoms. The first kappa shape index (κ1) is 22.7. The van der Waals surface area contributed by atoms with Crippen molar-refractivity contribution in [2.45, 2.75) is 77.2 Å². The average Bonchev–Trinajstić information content (AvgIpc) is 2.98. The highest BCUT2D eigenvalue weighted by molar-refractivity contribution is 6.78. The second-order valence-corrected chi connectivity index (χ2v) is 15.6. The standard InChI is InChI=1S/C26H36N2O3Si/c1-17(2)32(18(3)4,19(5)6)31-25-13-9-12-24-22(25)14-21-16-28(26(29)30)23-11-8-7-10-20(23)15-27(21)24/h7-13,17-19,21H,14-16H2,1-6H3,(H,29,30). The molecule has 0 bridgehead atoms. The van der Waals surface area contributed by atoms with Gasteiger partial charge in [0.1, 0.15) is 5.75 Å². The Morgan fingerprint density at radius 3 is 2.22 bits per heavy atom. The van der Waals surface area contributed by atoms with Gasteiger partial charge >= 0.3 is 6.09 Å². The number of fused-ring (bicyclic) bond motifs is 4. The summed E-state index contributed by atoms with van der Waals surface area (Å²) in [4.78, 5) is 16.0. The number of hydrogen-bond donors (Lipinski definition) is 1. The SMILES string of the molecule is CC(C)[Si](Oc1cccc2c1CC1CN(C(=O)O)c3ccccc3CN21)(C(C)C)C(C)C. The lowest BCUT2D eigenvalue weighted by Gasteiger charge is -2.42. The van der Waals surface area contributed by atoms with Crippen molar-refractivity contribution in [3.63, 3.8) is 0 Å². The molecule has 0 spiro atoms. The van der Waals surface area contributed by atoms with Crippen LogP contribution in [-0.2, 0) is 13.0 Å². The van der Waals surface area contributed by atoms with E-state index in [9.17, 15) is 9.90 Å². The van der Waals surface area contributed by atoms with Crippen LogP contribution in [0.1, 0.15) is 52.7 Å². The molecule has 0 aliphatic carbocycles. The number of hydrogen-bond acceptors (Lipinski definition) is 3. The van der Waals surface area contributed by atoms with Crippen LogP contribution in [0.25, 0.3) is 0 Å². The number of carbonyl (C=O) groups is 1. The molecule has 2 aliphatic heterocycles. The number of rotatable bonds is 5. The summed E-state index contributed by atoms with van der Waals surface area (Å²) in [6.45, 7) is 15.0. The molecule has 4 rings (SSSR count). The highest BCUT2D eigenvalue weighted by Crippen LogP contribution is 2.47. The molecule has 2 aromatic rings. The molecule has 0 radical (unpaired) electrons. The van der Waals surface area contributed by atoms with Crippen LogP contribution in [0.15, 0.2) is 42.5 Å². The predicted molar refractivity (Wildman–Crippen MR) is 134 cm³/mol. The van der Waals surface area contributed by atoms with Gasteiger partial charge in [-0.25, -0.2) is 4.79 Å². The highest BCUT2D eigenvalue weighted by Gasteiger charge is 2.48. The summed E-state index contributed by atoms with van der Waals surface area (Å²) >= 11 is 0. The fourth-order valence-corrected chi connectivity index (χ4v) is 11.4. The van der Waals surface area contributed by atoms with Crippen LogP contribution in [0.4, 0.5) is 16.2 Å².